The Balaban J connectivity index is 1.19. The molecule has 4 aromatic rings. The number of pyridine rings is 1. The van der Waals surface area contributed by atoms with Gasteiger partial charge in [0.1, 0.15) is 23.0 Å². The molecule has 6 rings (SSSR count). The standard InChI is InChI=1S/C30H31N7S3/c1-38-27-15-21(4-9-26(27)40-19-20-3-10-29(39-2)33-17-20)34-24-7-8-25-30(23(24)16-31)35-28(18-32-25)37-13-11-36(12-14-37)22-5-6-22/h3-4,7-10,15,17-18,22,34H,5-6,11-14,19H2,1-2H3. The molecule has 0 unspecified atom stereocenters. The summed E-state index contributed by atoms with van der Waals surface area (Å²) < 4.78 is 0. The first-order valence-electron chi connectivity index (χ1n) is 13.4. The molecule has 1 aliphatic heterocycles. The third-order valence-corrected chi connectivity index (χ3v) is 10.1. The van der Waals surface area contributed by atoms with E-state index in [4.69, 9.17) is 4.98 Å². The van der Waals surface area contributed by atoms with Crippen LogP contribution in [0.3, 0.4) is 0 Å². The number of nitrogens with zero attached hydrogens (tertiary/aromatic N) is 6. The van der Waals surface area contributed by atoms with Crippen LogP contribution in [-0.2, 0) is 5.75 Å². The fraction of sp³-hybridized carbons (Fsp3) is 0.333. The number of nitrogens with one attached hydrogen (secondary N) is 1. The molecular weight excluding hydrogens is 555 g/mol. The molecule has 0 amide bonds. The highest BCUT2D eigenvalue weighted by Crippen LogP contribution is 2.36. The predicted octanol–water partition coefficient (Wildman–Crippen LogP) is 6.66. The lowest BCUT2D eigenvalue weighted by Crippen LogP contribution is -2.47. The van der Waals surface area contributed by atoms with Crippen molar-refractivity contribution in [3.8, 4) is 6.07 Å². The molecule has 0 radical (unpaired) electrons. The Morgan fingerprint density at radius 1 is 0.950 bits per heavy atom. The monoisotopic (exact) mass is 585 g/mol. The lowest BCUT2D eigenvalue weighted by atomic mass is 10.1. The van der Waals surface area contributed by atoms with Gasteiger partial charge in [-0.1, -0.05) is 6.07 Å². The molecule has 40 heavy (non-hydrogen) atoms. The summed E-state index contributed by atoms with van der Waals surface area (Å²) in [4.78, 5) is 21.4. The number of piperazine rings is 1. The molecule has 2 aromatic carbocycles. The molecule has 0 atom stereocenters. The molecule has 2 aromatic heterocycles. The summed E-state index contributed by atoms with van der Waals surface area (Å²) >= 11 is 5.18. The largest absolute Gasteiger partial charge is 0.354 e. The molecule has 1 N–H and O–H groups in total. The number of hydrogen-bond donors (Lipinski definition) is 1. The summed E-state index contributed by atoms with van der Waals surface area (Å²) in [5.41, 5.74) is 4.79. The molecule has 7 nitrogen and oxygen atoms in total. The highest BCUT2D eigenvalue weighted by Gasteiger charge is 2.31. The first kappa shape index (κ1) is 27.2. The SMILES string of the molecule is CSc1ccc(CSc2ccc(Nc3ccc4ncc(N5CCN(C6CC6)CC5)nc4c3C#N)cc2SC)cn1. The molecule has 1 saturated heterocycles. The van der Waals surface area contributed by atoms with E-state index in [1.54, 1.807) is 23.5 Å². The molecule has 204 valence electrons. The summed E-state index contributed by atoms with van der Waals surface area (Å²) in [7, 11) is 0. The lowest BCUT2D eigenvalue weighted by Gasteiger charge is -2.35. The van der Waals surface area contributed by atoms with E-state index >= 15 is 0 Å². The van der Waals surface area contributed by atoms with Crippen molar-refractivity contribution in [3.05, 3.63) is 66.0 Å². The third-order valence-electron chi connectivity index (χ3n) is 7.36. The van der Waals surface area contributed by atoms with E-state index < -0.39 is 0 Å². The Kier molecular flexibility index (Phi) is 8.35. The van der Waals surface area contributed by atoms with Gasteiger partial charge in [-0.05, 0) is 67.3 Å². The zero-order valence-electron chi connectivity index (χ0n) is 22.6. The van der Waals surface area contributed by atoms with Crippen molar-refractivity contribution in [2.45, 2.75) is 39.5 Å². The maximum absolute atomic E-state index is 10.2. The highest BCUT2D eigenvalue weighted by molar-refractivity contribution is 8.01. The fourth-order valence-corrected chi connectivity index (χ4v) is 7.15. The minimum Gasteiger partial charge on any atom is -0.354 e. The number of aromatic nitrogens is 3. The molecule has 1 saturated carbocycles. The second kappa shape index (κ2) is 12.3. The van der Waals surface area contributed by atoms with Crippen molar-refractivity contribution in [3.63, 3.8) is 0 Å². The Bertz CT molecular complexity index is 1540. The van der Waals surface area contributed by atoms with E-state index in [1.807, 2.05) is 42.5 Å². The predicted molar refractivity (Wildman–Crippen MR) is 168 cm³/mol. The summed E-state index contributed by atoms with van der Waals surface area (Å²) in [5.74, 6) is 1.71. The number of hydrogen-bond acceptors (Lipinski definition) is 10. The molecule has 1 aliphatic carbocycles. The maximum atomic E-state index is 10.2. The average Bonchev–Trinajstić information content (AvgIpc) is 3.86. The Hall–Kier alpha value is -2.97. The van der Waals surface area contributed by atoms with Crippen LogP contribution in [0.1, 0.15) is 24.0 Å². The zero-order chi connectivity index (χ0) is 27.5. The number of benzene rings is 2. The summed E-state index contributed by atoms with van der Waals surface area (Å²) in [6, 6.07) is 17.6. The molecule has 0 spiro atoms. The molecule has 0 bridgehead atoms. The van der Waals surface area contributed by atoms with Gasteiger partial charge in [0.15, 0.2) is 0 Å². The molecule has 3 heterocycles. The van der Waals surface area contributed by atoms with Gasteiger partial charge in [-0.2, -0.15) is 5.26 Å². The van der Waals surface area contributed by atoms with Gasteiger partial charge in [0.2, 0.25) is 0 Å². The van der Waals surface area contributed by atoms with Gasteiger partial charge in [0.25, 0.3) is 0 Å². The highest BCUT2D eigenvalue weighted by atomic mass is 32.2. The number of fused-ring (bicyclic) bond motifs is 1. The zero-order valence-corrected chi connectivity index (χ0v) is 25.1. The van der Waals surface area contributed by atoms with Crippen molar-refractivity contribution in [1.82, 2.24) is 19.9 Å². The van der Waals surface area contributed by atoms with Crippen molar-refractivity contribution >= 4 is 63.5 Å². The van der Waals surface area contributed by atoms with Gasteiger partial charge in [-0.15, -0.1) is 35.3 Å². The van der Waals surface area contributed by atoms with Gasteiger partial charge >= 0.3 is 0 Å². The Morgan fingerprint density at radius 3 is 2.50 bits per heavy atom. The van der Waals surface area contributed by atoms with Crippen LogP contribution >= 0.6 is 35.3 Å². The van der Waals surface area contributed by atoms with E-state index in [9.17, 15) is 5.26 Å². The Morgan fingerprint density at radius 2 is 1.80 bits per heavy atom. The van der Waals surface area contributed by atoms with Crippen LogP contribution in [0.2, 0.25) is 0 Å². The van der Waals surface area contributed by atoms with Gasteiger partial charge < -0.3 is 10.2 Å². The van der Waals surface area contributed by atoms with E-state index in [1.165, 1.54) is 28.2 Å². The number of nitriles is 1. The quantitative estimate of drug-likeness (QED) is 0.215. The lowest BCUT2D eigenvalue weighted by molar-refractivity contribution is 0.247. The number of anilines is 3. The van der Waals surface area contributed by atoms with Crippen molar-refractivity contribution in [2.24, 2.45) is 0 Å². The minimum absolute atomic E-state index is 0.522. The van der Waals surface area contributed by atoms with Crippen LogP contribution in [-0.4, -0.2) is 64.6 Å². The molecule has 10 heteroatoms. The normalized spacial score (nSPS) is 15.8. The van der Waals surface area contributed by atoms with Crippen LogP contribution in [0.25, 0.3) is 11.0 Å². The maximum Gasteiger partial charge on any atom is 0.147 e. The van der Waals surface area contributed by atoms with Crippen LogP contribution in [0.5, 0.6) is 0 Å². The number of rotatable bonds is 9. The van der Waals surface area contributed by atoms with Crippen LogP contribution in [0, 0.1) is 11.3 Å². The summed E-state index contributed by atoms with van der Waals surface area (Å²) in [5, 5.41) is 14.7. The van der Waals surface area contributed by atoms with Crippen molar-refractivity contribution in [1.29, 1.82) is 5.26 Å². The van der Waals surface area contributed by atoms with E-state index in [2.05, 4.69) is 67.7 Å². The molecular formula is C30H31N7S3. The van der Waals surface area contributed by atoms with Crippen LogP contribution in [0.15, 0.2) is 69.7 Å². The van der Waals surface area contributed by atoms with Crippen molar-refractivity contribution in [2.75, 3.05) is 48.9 Å². The topological polar surface area (TPSA) is 81.0 Å². The second-order valence-electron chi connectivity index (χ2n) is 9.94. The van der Waals surface area contributed by atoms with Gasteiger partial charge in [-0.25, -0.2) is 9.97 Å². The minimum atomic E-state index is 0.522. The van der Waals surface area contributed by atoms with Crippen LogP contribution in [0.4, 0.5) is 17.2 Å². The fourth-order valence-electron chi connectivity index (χ4n) is 4.99. The first-order valence-corrected chi connectivity index (χ1v) is 16.8. The average molecular weight is 586 g/mol. The molecule has 2 aliphatic rings. The van der Waals surface area contributed by atoms with Crippen LogP contribution < -0.4 is 10.2 Å². The van der Waals surface area contributed by atoms with Gasteiger partial charge in [-0.3, -0.25) is 9.88 Å². The summed E-state index contributed by atoms with van der Waals surface area (Å²) in [6.45, 7) is 4.00. The van der Waals surface area contributed by atoms with E-state index in [0.29, 0.717) is 11.1 Å². The smallest absolute Gasteiger partial charge is 0.147 e. The first-order chi connectivity index (χ1) is 19.6. The Labute approximate surface area is 248 Å². The third kappa shape index (κ3) is 6.03. The summed E-state index contributed by atoms with van der Waals surface area (Å²) in [6.07, 6.45) is 10.6. The second-order valence-corrected chi connectivity index (χ2v) is 12.6. The van der Waals surface area contributed by atoms with E-state index in [-0.39, 0.29) is 0 Å². The van der Waals surface area contributed by atoms with Crippen molar-refractivity contribution < 1.29 is 0 Å². The van der Waals surface area contributed by atoms with Gasteiger partial charge in [0, 0.05) is 59.6 Å². The molecule has 2 fully saturated rings. The van der Waals surface area contributed by atoms with E-state index in [0.717, 1.165) is 65.7 Å². The van der Waals surface area contributed by atoms with Gasteiger partial charge in [0.05, 0.1) is 22.4 Å². The number of thioether (sulfide) groups is 3.